The van der Waals surface area contributed by atoms with Gasteiger partial charge < -0.3 is 10.6 Å². The lowest BCUT2D eigenvalue weighted by molar-refractivity contribution is -0.122. The molecule has 0 saturated carbocycles. The van der Waals surface area contributed by atoms with Crippen molar-refractivity contribution in [2.75, 3.05) is 0 Å². The van der Waals surface area contributed by atoms with Gasteiger partial charge in [0.15, 0.2) is 0 Å². The first kappa shape index (κ1) is 18.3. The van der Waals surface area contributed by atoms with E-state index in [4.69, 9.17) is 0 Å². The molecule has 27 heavy (non-hydrogen) atoms. The number of benzene rings is 1. The van der Waals surface area contributed by atoms with Gasteiger partial charge in [0.2, 0.25) is 11.8 Å². The lowest BCUT2D eigenvalue weighted by atomic mass is 10.0. The van der Waals surface area contributed by atoms with E-state index < -0.39 is 0 Å². The Kier molecular flexibility index (Phi) is 5.94. The van der Waals surface area contributed by atoms with Gasteiger partial charge in [-0.1, -0.05) is 30.3 Å². The molecule has 1 atom stereocenters. The summed E-state index contributed by atoms with van der Waals surface area (Å²) >= 11 is 0. The molecule has 0 aliphatic heterocycles. The van der Waals surface area contributed by atoms with Crippen LogP contribution in [0.3, 0.4) is 0 Å². The molecule has 7 heteroatoms. The number of hydrogen-bond acceptors (Lipinski definition) is 4. The Hall–Kier alpha value is -3.48. The van der Waals surface area contributed by atoms with Crippen LogP contribution in [0.1, 0.15) is 30.5 Å². The predicted molar refractivity (Wildman–Crippen MR) is 101 cm³/mol. The summed E-state index contributed by atoms with van der Waals surface area (Å²) < 4.78 is 1.80. The molecular weight excluding hydrogens is 342 g/mol. The molecule has 0 aliphatic carbocycles. The summed E-state index contributed by atoms with van der Waals surface area (Å²) in [5.41, 5.74) is 1.83. The molecular formula is C20H21N5O2. The number of carbonyl (C=O) groups is 2. The van der Waals surface area contributed by atoms with Crippen LogP contribution in [-0.2, 0) is 16.1 Å². The molecule has 138 valence electrons. The summed E-state index contributed by atoms with van der Waals surface area (Å²) in [6, 6.07) is 12.8. The van der Waals surface area contributed by atoms with Crippen molar-refractivity contribution in [1.29, 1.82) is 0 Å². The van der Waals surface area contributed by atoms with Crippen LogP contribution in [0.5, 0.6) is 0 Å². The molecule has 2 N–H and O–H groups in total. The van der Waals surface area contributed by atoms with Gasteiger partial charge in [-0.3, -0.25) is 14.2 Å². The quantitative estimate of drug-likeness (QED) is 0.673. The Bertz CT molecular complexity index is 894. The second-order valence-electron chi connectivity index (χ2n) is 6.14. The maximum atomic E-state index is 12.4. The molecule has 1 aromatic carbocycles. The SMILES string of the molecule is CC(=O)NC(CC(=O)NCc1ccnc(-n2ccnc2)c1)c1ccccc1. The second kappa shape index (κ2) is 8.75. The largest absolute Gasteiger partial charge is 0.352 e. The monoisotopic (exact) mass is 363 g/mol. The van der Waals surface area contributed by atoms with E-state index in [-0.39, 0.29) is 24.3 Å². The maximum Gasteiger partial charge on any atom is 0.222 e. The fourth-order valence-corrected chi connectivity index (χ4v) is 2.75. The fourth-order valence-electron chi connectivity index (χ4n) is 2.75. The van der Waals surface area contributed by atoms with E-state index in [0.29, 0.717) is 6.54 Å². The molecule has 3 aromatic rings. The van der Waals surface area contributed by atoms with E-state index in [1.807, 2.05) is 48.7 Å². The minimum absolute atomic E-state index is 0.140. The highest BCUT2D eigenvalue weighted by molar-refractivity contribution is 5.79. The van der Waals surface area contributed by atoms with Crippen molar-refractivity contribution in [2.24, 2.45) is 0 Å². The summed E-state index contributed by atoms with van der Waals surface area (Å²) in [6.07, 6.45) is 7.02. The summed E-state index contributed by atoms with van der Waals surface area (Å²) in [5.74, 6) is 0.425. The Morgan fingerprint density at radius 1 is 1.15 bits per heavy atom. The van der Waals surface area contributed by atoms with Crippen molar-refractivity contribution in [3.05, 3.63) is 78.5 Å². The van der Waals surface area contributed by atoms with Crippen molar-refractivity contribution in [3.63, 3.8) is 0 Å². The highest BCUT2D eigenvalue weighted by Crippen LogP contribution is 2.16. The Morgan fingerprint density at radius 2 is 1.96 bits per heavy atom. The van der Waals surface area contributed by atoms with Crippen LogP contribution < -0.4 is 10.6 Å². The van der Waals surface area contributed by atoms with E-state index in [1.54, 1.807) is 23.3 Å². The Balaban J connectivity index is 1.61. The van der Waals surface area contributed by atoms with E-state index in [2.05, 4.69) is 20.6 Å². The van der Waals surface area contributed by atoms with E-state index in [1.165, 1.54) is 6.92 Å². The van der Waals surface area contributed by atoms with Gasteiger partial charge in [0.05, 0.1) is 12.5 Å². The lowest BCUT2D eigenvalue weighted by Crippen LogP contribution is -2.32. The zero-order valence-electron chi connectivity index (χ0n) is 15.0. The van der Waals surface area contributed by atoms with E-state index in [0.717, 1.165) is 16.9 Å². The smallest absolute Gasteiger partial charge is 0.222 e. The minimum Gasteiger partial charge on any atom is -0.352 e. The number of carbonyl (C=O) groups excluding carboxylic acids is 2. The molecule has 2 amide bonds. The maximum absolute atomic E-state index is 12.4. The van der Waals surface area contributed by atoms with Gasteiger partial charge >= 0.3 is 0 Å². The topological polar surface area (TPSA) is 88.9 Å². The van der Waals surface area contributed by atoms with Crippen molar-refractivity contribution in [2.45, 2.75) is 25.9 Å². The molecule has 3 rings (SSSR count). The number of hydrogen-bond donors (Lipinski definition) is 2. The summed E-state index contributed by atoms with van der Waals surface area (Å²) in [7, 11) is 0. The first-order chi connectivity index (χ1) is 13.1. The average Bonchev–Trinajstić information content (AvgIpc) is 3.21. The molecule has 0 aliphatic rings. The van der Waals surface area contributed by atoms with Crippen LogP contribution in [0, 0.1) is 0 Å². The standard InChI is InChI=1S/C20H21N5O2/c1-15(26)24-18(17-5-3-2-4-6-17)12-20(27)23-13-16-7-8-22-19(11-16)25-10-9-21-14-25/h2-11,14,18H,12-13H2,1H3,(H,23,27)(H,24,26). The van der Waals surface area contributed by atoms with Crippen LogP contribution in [0.25, 0.3) is 5.82 Å². The van der Waals surface area contributed by atoms with Crippen molar-refractivity contribution in [3.8, 4) is 5.82 Å². The van der Waals surface area contributed by atoms with Gasteiger partial charge in [0.1, 0.15) is 12.1 Å². The van der Waals surface area contributed by atoms with Gasteiger partial charge in [0.25, 0.3) is 0 Å². The number of amides is 2. The third kappa shape index (κ3) is 5.24. The summed E-state index contributed by atoms with van der Waals surface area (Å²) in [5, 5.41) is 5.73. The second-order valence-corrected chi connectivity index (χ2v) is 6.14. The van der Waals surface area contributed by atoms with E-state index >= 15 is 0 Å². The zero-order chi connectivity index (χ0) is 19.1. The minimum atomic E-state index is -0.359. The van der Waals surface area contributed by atoms with Crippen LogP contribution in [0.2, 0.25) is 0 Å². The number of pyridine rings is 1. The average molecular weight is 363 g/mol. The van der Waals surface area contributed by atoms with Gasteiger partial charge in [-0.25, -0.2) is 9.97 Å². The first-order valence-electron chi connectivity index (χ1n) is 8.64. The molecule has 7 nitrogen and oxygen atoms in total. The molecule has 0 fully saturated rings. The molecule has 0 saturated heterocycles. The normalized spacial score (nSPS) is 11.6. The molecule has 0 spiro atoms. The van der Waals surface area contributed by atoms with E-state index in [9.17, 15) is 9.59 Å². The zero-order valence-corrected chi connectivity index (χ0v) is 15.0. The number of aromatic nitrogens is 3. The van der Waals surface area contributed by atoms with Crippen molar-refractivity contribution in [1.82, 2.24) is 25.2 Å². The molecule has 2 aromatic heterocycles. The first-order valence-corrected chi connectivity index (χ1v) is 8.64. The van der Waals surface area contributed by atoms with Crippen molar-refractivity contribution >= 4 is 11.8 Å². The van der Waals surface area contributed by atoms with Gasteiger partial charge in [-0.15, -0.1) is 0 Å². The Morgan fingerprint density at radius 3 is 2.67 bits per heavy atom. The lowest BCUT2D eigenvalue weighted by Gasteiger charge is -2.18. The van der Waals surface area contributed by atoms with Crippen molar-refractivity contribution < 1.29 is 9.59 Å². The molecule has 2 heterocycles. The van der Waals surface area contributed by atoms with Gasteiger partial charge in [-0.2, -0.15) is 0 Å². The summed E-state index contributed by atoms with van der Waals surface area (Å²) in [6.45, 7) is 1.83. The number of imidazole rings is 1. The Labute approximate surface area is 157 Å². The third-order valence-corrected chi connectivity index (χ3v) is 4.04. The highest BCUT2D eigenvalue weighted by Gasteiger charge is 2.16. The predicted octanol–water partition coefficient (Wildman–Crippen LogP) is 2.15. The summed E-state index contributed by atoms with van der Waals surface area (Å²) in [4.78, 5) is 32.2. The van der Waals surface area contributed by atoms with Gasteiger partial charge in [0, 0.05) is 32.1 Å². The van der Waals surface area contributed by atoms with Crippen LogP contribution in [0.4, 0.5) is 0 Å². The van der Waals surface area contributed by atoms with Gasteiger partial charge in [-0.05, 0) is 23.3 Å². The number of rotatable bonds is 7. The molecule has 0 bridgehead atoms. The number of nitrogens with one attached hydrogen (secondary N) is 2. The molecule has 1 unspecified atom stereocenters. The van der Waals surface area contributed by atoms with Crippen LogP contribution in [0.15, 0.2) is 67.4 Å². The van der Waals surface area contributed by atoms with Crippen LogP contribution >= 0.6 is 0 Å². The highest BCUT2D eigenvalue weighted by atomic mass is 16.2. The number of nitrogens with zero attached hydrogens (tertiary/aromatic N) is 3. The van der Waals surface area contributed by atoms with Crippen LogP contribution in [-0.4, -0.2) is 26.3 Å². The third-order valence-electron chi connectivity index (χ3n) is 4.04. The fraction of sp³-hybridized carbons (Fsp3) is 0.200. The molecule has 0 radical (unpaired) electrons.